The first-order valence-corrected chi connectivity index (χ1v) is 7.43. The van der Waals surface area contributed by atoms with E-state index in [9.17, 15) is 14.9 Å². The van der Waals surface area contributed by atoms with Crippen molar-refractivity contribution in [2.24, 2.45) is 0 Å². The number of amides is 2. The number of carbonyl (C=O) groups is 1. The summed E-state index contributed by atoms with van der Waals surface area (Å²) in [6.07, 6.45) is 1.72. The third-order valence-corrected chi connectivity index (χ3v) is 4.02. The number of aromatic nitrogens is 1. The van der Waals surface area contributed by atoms with Crippen molar-refractivity contribution >= 4 is 40.3 Å². The van der Waals surface area contributed by atoms with Gasteiger partial charge in [0.25, 0.3) is 5.69 Å². The zero-order chi connectivity index (χ0) is 16.3. The predicted molar refractivity (Wildman–Crippen MR) is 85.4 cm³/mol. The topological polar surface area (TPSA) is 88.4 Å². The fourth-order valence-electron chi connectivity index (χ4n) is 1.71. The van der Waals surface area contributed by atoms with Gasteiger partial charge in [0.15, 0.2) is 0 Å². The van der Waals surface area contributed by atoms with Crippen molar-refractivity contribution in [3.63, 3.8) is 0 Å². The van der Waals surface area contributed by atoms with E-state index in [1.807, 2.05) is 6.92 Å². The molecule has 22 heavy (non-hydrogen) atoms. The zero-order valence-corrected chi connectivity index (χ0v) is 13.4. The Morgan fingerprint density at radius 2 is 2.27 bits per heavy atom. The van der Waals surface area contributed by atoms with Crippen LogP contribution in [0.2, 0.25) is 5.02 Å². The van der Waals surface area contributed by atoms with Crippen LogP contribution in [0.4, 0.5) is 16.2 Å². The van der Waals surface area contributed by atoms with Crippen LogP contribution < -0.4 is 5.32 Å². The number of halogens is 1. The third-order valence-electron chi connectivity index (χ3n) is 2.81. The fourth-order valence-corrected chi connectivity index (χ4v) is 2.78. The third kappa shape index (κ3) is 3.92. The molecule has 1 aromatic carbocycles. The van der Waals surface area contributed by atoms with Crippen LogP contribution in [-0.2, 0) is 6.54 Å². The van der Waals surface area contributed by atoms with E-state index in [4.69, 9.17) is 11.6 Å². The molecule has 2 aromatic rings. The van der Waals surface area contributed by atoms with Crippen LogP contribution >= 0.6 is 22.9 Å². The summed E-state index contributed by atoms with van der Waals surface area (Å²) in [5.41, 5.74) is 0.195. The first-order chi connectivity index (χ1) is 10.4. The second-order valence-electron chi connectivity index (χ2n) is 4.55. The van der Waals surface area contributed by atoms with Gasteiger partial charge >= 0.3 is 6.03 Å². The molecule has 0 spiro atoms. The molecule has 9 heteroatoms. The van der Waals surface area contributed by atoms with Crippen molar-refractivity contribution in [2.75, 3.05) is 12.4 Å². The van der Waals surface area contributed by atoms with E-state index in [0.717, 1.165) is 9.88 Å². The molecular weight excluding hydrogens is 328 g/mol. The lowest BCUT2D eigenvalue weighted by atomic mass is 10.3. The molecule has 2 rings (SSSR count). The van der Waals surface area contributed by atoms with Crippen LogP contribution in [0.1, 0.15) is 9.88 Å². The number of rotatable bonds is 4. The summed E-state index contributed by atoms with van der Waals surface area (Å²) < 4.78 is 0. The Bertz CT molecular complexity index is 719. The monoisotopic (exact) mass is 340 g/mol. The first kappa shape index (κ1) is 16.2. The van der Waals surface area contributed by atoms with Crippen LogP contribution in [0.5, 0.6) is 0 Å². The van der Waals surface area contributed by atoms with E-state index >= 15 is 0 Å². The highest BCUT2D eigenvalue weighted by Crippen LogP contribution is 2.27. The highest BCUT2D eigenvalue weighted by atomic mass is 35.5. The number of non-ortho nitro benzene ring substituents is 1. The second kappa shape index (κ2) is 6.71. The maximum atomic E-state index is 12.1. The van der Waals surface area contributed by atoms with Crippen LogP contribution in [0.15, 0.2) is 24.4 Å². The van der Waals surface area contributed by atoms with Gasteiger partial charge in [-0.15, -0.1) is 11.3 Å². The summed E-state index contributed by atoms with van der Waals surface area (Å²) >= 11 is 7.45. The Labute approximate surface area is 135 Å². The smallest absolute Gasteiger partial charge is 0.321 e. The minimum absolute atomic E-state index is 0.115. The van der Waals surface area contributed by atoms with Crippen molar-refractivity contribution in [3.05, 3.63) is 49.4 Å². The van der Waals surface area contributed by atoms with E-state index in [1.165, 1.54) is 34.4 Å². The summed E-state index contributed by atoms with van der Waals surface area (Å²) in [4.78, 5) is 28.8. The highest BCUT2D eigenvalue weighted by Gasteiger charge is 2.14. The van der Waals surface area contributed by atoms with Gasteiger partial charge < -0.3 is 10.2 Å². The maximum Gasteiger partial charge on any atom is 0.321 e. The Hall–Kier alpha value is -2.19. The molecule has 2 amide bonds. The standard InChI is InChI=1S/C13H13ClN4O3S/c1-8-15-6-10(22-8)7-17(2)13(19)16-12-4-3-9(18(20)21)5-11(12)14/h3-6H,7H2,1-2H3,(H,16,19). The molecule has 0 radical (unpaired) electrons. The van der Waals surface area contributed by atoms with Crippen molar-refractivity contribution in [1.29, 1.82) is 0 Å². The number of anilines is 1. The summed E-state index contributed by atoms with van der Waals surface area (Å²) in [6, 6.07) is 3.53. The number of carbonyl (C=O) groups excluding carboxylic acids is 1. The summed E-state index contributed by atoms with van der Waals surface area (Å²) in [5.74, 6) is 0. The molecule has 0 unspecified atom stereocenters. The van der Waals surface area contributed by atoms with Crippen molar-refractivity contribution in [3.8, 4) is 0 Å². The summed E-state index contributed by atoms with van der Waals surface area (Å²) in [6.45, 7) is 2.31. The van der Waals surface area contributed by atoms with Crippen molar-refractivity contribution in [2.45, 2.75) is 13.5 Å². The molecule has 0 aliphatic heterocycles. The minimum Gasteiger partial charge on any atom is -0.322 e. The number of nitrogens with one attached hydrogen (secondary N) is 1. The molecule has 0 fully saturated rings. The molecular formula is C13H13ClN4O3S. The Kier molecular flexibility index (Phi) is 4.94. The van der Waals surface area contributed by atoms with Crippen LogP contribution in [-0.4, -0.2) is 27.9 Å². The van der Waals surface area contributed by atoms with Gasteiger partial charge in [0, 0.05) is 30.3 Å². The van der Waals surface area contributed by atoms with E-state index in [-0.39, 0.29) is 16.7 Å². The molecule has 1 aromatic heterocycles. The van der Waals surface area contributed by atoms with Gasteiger partial charge in [-0.25, -0.2) is 9.78 Å². The molecule has 1 heterocycles. The lowest BCUT2D eigenvalue weighted by Crippen LogP contribution is -2.30. The predicted octanol–water partition coefficient (Wildman–Crippen LogP) is 3.68. The Morgan fingerprint density at radius 3 is 2.82 bits per heavy atom. The normalized spacial score (nSPS) is 10.3. The van der Waals surface area contributed by atoms with E-state index in [1.54, 1.807) is 13.2 Å². The molecule has 0 atom stereocenters. The number of aryl methyl sites for hydroxylation is 1. The number of urea groups is 1. The van der Waals surface area contributed by atoms with Gasteiger partial charge in [0.1, 0.15) is 0 Å². The van der Waals surface area contributed by atoms with Gasteiger partial charge in [-0.1, -0.05) is 11.6 Å². The van der Waals surface area contributed by atoms with E-state index < -0.39 is 4.92 Å². The number of nitro benzene ring substituents is 1. The lowest BCUT2D eigenvalue weighted by molar-refractivity contribution is -0.384. The van der Waals surface area contributed by atoms with Crippen LogP contribution in [0.3, 0.4) is 0 Å². The number of thiazole rings is 1. The van der Waals surface area contributed by atoms with Gasteiger partial charge in [-0.3, -0.25) is 10.1 Å². The number of nitrogens with zero attached hydrogens (tertiary/aromatic N) is 3. The average Bonchev–Trinajstić information content (AvgIpc) is 2.85. The molecule has 0 saturated heterocycles. The Morgan fingerprint density at radius 1 is 1.55 bits per heavy atom. The zero-order valence-electron chi connectivity index (χ0n) is 11.9. The number of hydrogen-bond acceptors (Lipinski definition) is 5. The SMILES string of the molecule is Cc1ncc(CN(C)C(=O)Nc2ccc([N+](=O)[O-])cc2Cl)s1. The number of nitro groups is 1. The summed E-state index contributed by atoms with van der Waals surface area (Å²) in [5, 5.41) is 14.3. The first-order valence-electron chi connectivity index (χ1n) is 6.24. The molecule has 7 nitrogen and oxygen atoms in total. The summed E-state index contributed by atoms with van der Waals surface area (Å²) in [7, 11) is 1.64. The molecule has 1 N–H and O–H groups in total. The van der Waals surface area contributed by atoms with E-state index in [2.05, 4.69) is 10.3 Å². The molecule has 0 bridgehead atoms. The highest BCUT2D eigenvalue weighted by molar-refractivity contribution is 7.11. The quantitative estimate of drug-likeness (QED) is 0.679. The van der Waals surface area contributed by atoms with Gasteiger partial charge in [0.05, 0.1) is 27.2 Å². The van der Waals surface area contributed by atoms with Crippen molar-refractivity contribution in [1.82, 2.24) is 9.88 Å². The van der Waals surface area contributed by atoms with Crippen LogP contribution in [0.25, 0.3) is 0 Å². The number of hydrogen-bond donors (Lipinski definition) is 1. The fraction of sp³-hybridized carbons (Fsp3) is 0.231. The van der Waals surface area contributed by atoms with Crippen LogP contribution in [0, 0.1) is 17.0 Å². The molecule has 0 aliphatic carbocycles. The average molecular weight is 341 g/mol. The Balaban J connectivity index is 2.03. The minimum atomic E-state index is -0.546. The largest absolute Gasteiger partial charge is 0.322 e. The molecule has 116 valence electrons. The second-order valence-corrected chi connectivity index (χ2v) is 6.28. The van der Waals surface area contributed by atoms with Gasteiger partial charge in [-0.2, -0.15) is 0 Å². The lowest BCUT2D eigenvalue weighted by Gasteiger charge is -2.17. The maximum absolute atomic E-state index is 12.1. The van der Waals surface area contributed by atoms with E-state index in [0.29, 0.717) is 12.2 Å². The van der Waals surface area contributed by atoms with Gasteiger partial charge in [0.2, 0.25) is 0 Å². The van der Waals surface area contributed by atoms with Gasteiger partial charge in [-0.05, 0) is 13.0 Å². The molecule has 0 saturated carbocycles. The van der Waals surface area contributed by atoms with Crippen molar-refractivity contribution < 1.29 is 9.72 Å². The molecule has 0 aliphatic rings. The number of benzene rings is 1.